The first-order chi connectivity index (χ1) is 23.6. The molecule has 236 valence electrons. The number of fused-ring (bicyclic) bond motifs is 1. The van der Waals surface area contributed by atoms with Crippen molar-refractivity contribution in [3.05, 3.63) is 169 Å². The third-order valence-electron chi connectivity index (χ3n) is 8.83. The molecule has 6 rings (SSSR count). The van der Waals surface area contributed by atoms with E-state index in [0.29, 0.717) is 0 Å². The fourth-order valence-corrected chi connectivity index (χ4v) is 6.64. The van der Waals surface area contributed by atoms with Crippen molar-refractivity contribution in [1.29, 1.82) is 0 Å². The van der Waals surface area contributed by atoms with Gasteiger partial charge in [0.2, 0.25) is 0 Å². The highest BCUT2D eigenvalue weighted by Gasteiger charge is 2.18. The molecule has 0 bridgehead atoms. The molecule has 2 heteroatoms. The second-order valence-electron chi connectivity index (χ2n) is 11.7. The Morgan fingerprint density at radius 3 is 1.60 bits per heavy atom. The lowest BCUT2D eigenvalue weighted by molar-refractivity contribution is 1.04. The van der Waals surface area contributed by atoms with Crippen LogP contribution in [0.25, 0.3) is 81.0 Å². The lowest BCUT2D eigenvalue weighted by Crippen LogP contribution is -2.00. The van der Waals surface area contributed by atoms with Crippen LogP contribution >= 0.6 is 0 Å². The molecule has 0 saturated carbocycles. The molecule has 0 atom stereocenters. The van der Waals surface area contributed by atoms with Crippen molar-refractivity contribution in [3.8, 4) is 33.6 Å². The number of aromatic nitrogens is 2. The van der Waals surface area contributed by atoms with E-state index in [1.54, 1.807) is 0 Å². The highest BCUT2D eigenvalue weighted by atomic mass is 15.0. The Hall–Kier alpha value is -5.86. The summed E-state index contributed by atoms with van der Waals surface area (Å²) in [5.41, 5.74) is 14.7. The zero-order valence-electron chi connectivity index (χ0n) is 28.2. The molecule has 6 aromatic rings. The molecular formula is C46H42N2. The zero-order chi connectivity index (χ0) is 33.6. The molecule has 0 N–H and O–H groups in total. The largest absolute Gasteiger partial charge is 0.309 e. The summed E-state index contributed by atoms with van der Waals surface area (Å²) in [7, 11) is 0. The maximum absolute atomic E-state index is 4.20. The molecule has 0 saturated heterocycles. The minimum absolute atomic E-state index is 0.965. The van der Waals surface area contributed by atoms with Crippen molar-refractivity contribution in [1.82, 2.24) is 9.13 Å². The van der Waals surface area contributed by atoms with Crippen LogP contribution in [0.15, 0.2) is 135 Å². The van der Waals surface area contributed by atoms with E-state index >= 15 is 0 Å². The van der Waals surface area contributed by atoms with Gasteiger partial charge in [0, 0.05) is 33.5 Å². The van der Waals surface area contributed by atoms with Gasteiger partial charge in [0.1, 0.15) is 0 Å². The maximum Gasteiger partial charge on any atom is 0.0541 e. The Morgan fingerprint density at radius 2 is 1.06 bits per heavy atom. The highest BCUT2D eigenvalue weighted by molar-refractivity contribution is 5.97. The summed E-state index contributed by atoms with van der Waals surface area (Å²) in [6.45, 7) is 18.8. The molecule has 0 aliphatic rings. The van der Waals surface area contributed by atoms with Gasteiger partial charge in [0.25, 0.3) is 0 Å². The molecule has 0 aliphatic carbocycles. The van der Waals surface area contributed by atoms with E-state index in [2.05, 4.69) is 176 Å². The first kappa shape index (κ1) is 32.1. The zero-order valence-corrected chi connectivity index (χ0v) is 28.2. The first-order valence-electron chi connectivity index (χ1n) is 16.6. The van der Waals surface area contributed by atoms with E-state index in [0.717, 1.165) is 68.2 Å². The molecule has 2 heterocycles. The van der Waals surface area contributed by atoms with Crippen LogP contribution < -0.4 is 0 Å². The van der Waals surface area contributed by atoms with Crippen LogP contribution in [0.2, 0.25) is 0 Å². The van der Waals surface area contributed by atoms with Gasteiger partial charge < -0.3 is 9.13 Å². The van der Waals surface area contributed by atoms with Crippen LogP contribution in [0.5, 0.6) is 0 Å². The van der Waals surface area contributed by atoms with Gasteiger partial charge in [-0.15, -0.1) is 0 Å². The normalized spacial score (nSPS) is 11.7. The third kappa shape index (κ3) is 5.78. The molecule has 2 aromatic heterocycles. The van der Waals surface area contributed by atoms with Crippen molar-refractivity contribution in [2.75, 3.05) is 0 Å². The van der Waals surface area contributed by atoms with Gasteiger partial charge in [-0.05, 0) is 97.1 Å². The third-order valence-corrected chi connectivity index (χ3v) is 8.83. The number of allylic oxidation sites excluding steroid dienone is 3. The van der Waals surface area contributed by atoms with E-state index in [1.807, 2.05) is 25.2 Å². The number of hydrogen-bond donors (Lipinski definition) is 0. The van der Waals surface area contributed by atoms with Crippen LogP contribution in [0.1, 0.15) is 61.0 Å². The van der Waals surface area contributed by atoms with Crippen LogP contribution in [-0.2, 0) is 0 Å². The molecule has 2 nitrogen and oxygen atoms in total. The fraction of sp³-hybridized carbons (Fsp3) is 0.0870. The van der Waals surface area contributed by atoms with Gasteiger partial charge >= 0.3 is 0 Å². The van der Waals surface area contributed by atoms with Crippen molar-refractivity contribution < 1.29 is 0 Å². The maximum atomic E-state index is 4.20. The molecule has 0 fully saturated rings. The first-order valence-corrected chi connectivity index (χ1v) is 16.6. The van der Waals surface area contributed by atoms with Crippen LogP contribution in [-0.4, -0.2) is 9.13 Å². The van der Waals surface area contributed by atoms with Crippen LogP contribution in [0, 0.1) is 0 Å². The van der Waals surface area contributed by atoms with E-state index in [4.69, 9.17) is 0 Å². The predicted octanol–water partition coefficient (Wildman–Crippen LogP) is 13.2. The Balaban J connectivity index is 1.39. The predicted molar refractivity (Wildman–Crippen MR) is 212 cm³/mol. The molecule has 0 unspecified atom stereocenters. The van der Waals surface area contributed by atoms with Crippen molar-refractivity contribution in [3.63, 3.8) is 0 Å². The average Bonchev–Trinajstić information content (AvgIpc) is 3.61. The monoisotopic (exact) mass is 622 g/mol. The van der Waals surface area contributed by atoms with E-state index in [9.17, 15) is 0 Å². The van der Waals surface area contributed by atoms with E-state index < -0.39 is 0 Å². The van der Waals surface area contributed by atoms with Crippen LogP contribution in [0.4, 0.5) is 0 Å². The van der Waals surface area contributed by atoms with Crippen LogP contribution in [0.3, 0.4) is 0 Å². The molecule has 48 heavy (non-hydrogen) atoms. The summed E-state index contributed by atoms with van der Waals surface area (Å²) in [6, 6.07) is 34.9. The summed E-state index contributed by atoms with van der Waals surface area (Å²) < 4.78 is 4.61. The van der Waals surface area contributed by atoms with Crippen molar-refractivity contribution in [2.45, 2.75) is 27.2 Å². The molecule has 0 radical (unpaired) electrons. The second-order valence-corrected chi connectivity index (χ2v) is 11.7. The molecule has 0 aliphatic heterocycles. The summed E-state index contributed by atoms with van der Waals surface area (Å²) in [4.78, 5) is 0. The minimum atomic E-state index is 0.965. The molecule has 0 amide bonds. The summed E-state index contributed by atoms with van der Waals surface area (Å²) >= 11 is 0. The van der Waals surface area contributed by atoms with Gasteiger partial charge in [0.15, 0.2) is 0 Å². The molecule has 4 aromatic carbocycles. The standard InChI is InChI=1S/C46H42N2/c1-7-13-21-41-39(10-4)44(17-8-2)47(43(41)12-6)37-27-22-34(23-28-37)35-24-29-38(30-25-35)48-45(18-9-3)40(11-5)42-32-36(26-31-46(42)48)33-19-15-14-16-20-33/h8-32H,4-7H2,1-3H3/b17-8-,18-9-,21-13-. The van der Waals surface area contributed by atoms with Gasteiger partial charge in [-0.2, -0.15) is 0 Å². The SMILES string of the molecule is C=Cc1c(/C=C\CC)c(C=C)n(-c2ccc(-c3ccc(-n4c(/C=C\C)c(C=C)c5cc(-c6ccccc6)ccc54)cc3)cc2)c1/C=C\C. The summed E-state index contributed by atoms with van der Waals surface area (Å²) in [5, 5.41) is 1.19. The second kappa shape index (κ2) is 14.3. The number of nitrogens with zero attached hydrogens (tertiary/aromatic N) is 2. The number of rotatable bonds is 11. The topological polar surface area (TPSA) is 9.86 Å². The fourth-order valence-electron chi connectivity index (χ4n) is 6.64. The average molecular weight is 623 g/mol. The lowest BCUT2D eigenvalue weighted by atomic mass is 10.0. The Bertz CT molecular complexity index is 2190. The lowest BCUT2D eigenvalue weighted by Gasteiger charge is -2.13. The Morgan fingerprint density at radius 1 is 0.521 bits per heavy atom. The van der Waals surface area contributed by atoms with Crippen molar-refractivity contribution >= 4 is 47.4 Å². The van der Waals surface area contributed by atoms with E-state index in [1.165, 1.54) is 16.5 Å². The van der Waals surface area contributed by atoms with Gasteiger partial charge in [-0.1, -0.05) is 124 Å². The smallest absolute Gasteiger partial charge is 0.0541 e. The Kier molecular flexibility index (Phi) is 9.55. The van der Waals surface area contributed by atoms with Crippen molar-refractivity contribution in [2.24, 2.45) is 0 Å². The number of benzene rings is 4. The number of hydrogen-bond acceptors (Lipinski definition) is 0. The van der Waals surface area contributed by atoms with Gasteiger partial charge in [-0.3, -0.25) is 0 Å². The van der Waals surface area contributed by atoms with Gasteiger partial charge in [0.05, 0.1) is 22.6 Å². The Labute approximate surface area is 285 Å². The summed E-state index contributed by atoms with van der Waals surface area (Å²) in [6.07, 6.45) is 19.7. The van der Waals surface area contributed by atoms with E-state index in [-0.39, 0.29) is 0 Å². The van der Waals surface area contributed by atoms with Gasteiger partial charge in [-0.25, -0.2) is 0 Å². The highest BCUT2D eigenvalue weighted by Crippen LogP contribution is 2.36. The minimum Gasteiger partial charge on any atom is -0.309 e. The summed E-state index contributed by atoms with van der Waals surface area (Å²) in [5.74, 6) is 0. The molecule has 0 spiro atoms. The molecular weight excluding hydrogens is 581 g/mol. The quantitative estimate of drug-likeness (QED) is 0.136.